The first kappa shape index (κ1) is 8.11. The normalized spacial score (nSPS) is 10.3. The van der Waals surface area contributed by atoms with Crippen LogP contribution in [-0.2, 0) is 0 Å². The Morgan fingerprint density at radius 2 is 1.77 bits per heavy atom. The van der Waals surface area contributed by atoms with Gasteiger partial charge >= 0.3 is 0 Å². The van der Waals surface area contributed by atoms with Crippen LogP contribution in [0.5, 0.6) is 0 Å². The highest BCUT2D eigenvalue weighted by atomic mass is 14.8. The maximum Gasteiger partial charge on any atom is 0.0678 e. The van der Waals surface area contributed by atoms with Crippen LogP contribution in [-0.4, -0.2) is 7.05 Å². The lowest BCUT2D eigenvalue weighted by molar-refractivity contribution is 1.09. The number of nitrogens with zero attached hydrogens (tertiary/aromatic N) is 1. The SMILES string of the molecule is C[N]c1c(C)ccc2ccccc12. The van der Waals surface area contributed by atoms with Crippen molar-refractivity contribution in [2.45, 2.75) is 6.92 Å². The fraction of sp³-hybridized carbons (Fsp3) is 0.167. The molecule has 0 atom stereocenters. The Morgan fingerprint density at radius 1 is 1.00 bits per heavy atom. The third kappa shape index (κ3) is 1.26. The fourth-order valence-corrected chi connectivity index (χ4v) is 1.66. The van der Waals surface area contributed by atoms with Crippen LogP contribution >= 0.6 is 0 Å². The van der Waals surface area contributed by atoms with Gasteiger partial charge in [-0.15, -0.1) is 0 Å². The summed E-state index contributed by atoms with van der Waals surface area (Å²) in [5, 5.41) is 6.80. The molecular formula is C12H12N. The van der Waals surface area contributed by atoms with E-state index in [0.29, 0.717) is 0 Å². The standard InChI is InChI=1S/C12H12N/c1-9-7-8-10-5-3-4-6-11(10)12(9)13-2/h3-8H,1-2H3. The van der Waals surface area contributed by atoms with E-state index in [1.807, 2.05) is 7.05 Å². The molecule has 1 nitrogen and oxygen atoms in total. The van der Waals surface area contributed by atoms with Crippen LogP contribution in [0.25, 0.3) is 10.8 Å². The summed E-state index contributed by atoms with van der Waals surface area (Å²) in [6.45, 7) is 2.09. The van der Waals surface area contributed by atoms with Gasteiger partial charge < -0.3 is 0 Å². The topological polar surface area (TPSA) is 14.1 Å². The molecule has 2 aromatic carbocycles. The van der Waals surface area contributed by atoms with Gasteiger partial charge in [0, 0.05) is 12.4 Å². The van der Waals surface area contributed by atoms with Crippen LogP contribution < -0.4 is 5.32 Å². The molecule has 0 saturated carbocycles. The van der Waals surface area contributed by atoms with Crippen molar-refractivity contribution in [3.63, 3.8) is 0 Å². The first-order valence-corrected chi connectivity index (χ1v) is 4.41. The Balaban J connectivity index is 2.84. The highest BCUT2D eigenvalue weighted by molar-refractivity contribution is 5.93. The molecule has 0 heterocycles. The lowest BCUT2D eigenvalue weighted by Crippen LogP contribution is -1.91. The summed E-state index contributed by atoms with van der Waals surface area (Å²) in [7, 11) is 1.84. The van der Waals surface area contributed by atoms with Gasteiger partial charge in [-0.25, -0.2) is 0 Å². The Bertz CT molecular complexity index is 432. The Hall–Kier alpha value is -1.50. The number of rotatable bonds is 1. The molecule has 0 aromatic heterocycles. The van der Waals surface area contributed by atoms with E-state index in [0.717, 1.165) is 5.69 Å². The molecule has 0 spiro atoms. The van der Waals surface area contributed by atoms with Crippen molar-refractivity contribution in [1.82, 2.24) is 5.32 Å². The van der Waals surface area contributed by atoms with E-state index in [9.17, 15) is 0 Å². The Morgan fingerprint density at radius 3 is 2.54 bits per heavy atom. The van der Waals surface area contributed by atoms with Crippen molar-refractivity contribution in [2.24, 2.45) is 0 Å². The molecule has 0 N–H and O–H groups in total. The van der Waals surface area contributed by atoms with Gasteiger partial charge in [-0.2, -0.15) is 0 Å². The van der Waals surface area contributed by atoms with Crippen LogP contribution in [0.3, 0.4) is 0 Å². The Labute approximate surface area is 78.4 Å². The van der Waals surface area contributed by atoms with Crippen LogP contribution in [0.4, 0.5) is 5.69 Å². The number of aryl methyl sites for hydroxylation is 1. The largest absolute Gasteiger partial charge is 0.288 e. The summed E-state index contributed by atoms with van der Waals surface area (Å²) in [5.74, 6) is 0. The third-order valence-electron chi connectivity index (χ3n) is 2.33. The van der Waals surface area contributed by atoms with Crippen LogP contribution in [0.15, 0.2) is 36.4 Å². The van der Waals surface area contributed by atoms with Gasteiger partial charge in [0.1, 0.15) is 0 Å². The van der Waals surface area contributed by atoms with Crippen molar-refractivity contribution >= 4 is 16.5 Å². The molecule has 2 rings (SSSR count). The van der Waals surface area contributed by atoms with Crippen LogP contribution in [0.1, 0.15) is 5.56 Å². The van der Waals surface area contributed by atoms with Gasteiger partial charge in [0.2, 0.25) is 0 Å². The highest BCUT2D eigenvalue weighted by Gasteiger charge is 2.01. The molecule has 1 heteroatoms. The lowest BCUT2D eigenvalue weighted by atomic mass is 10.1. The molecule has 0 amide bonds. The second-order valence-electron chi connectivity index (χ2n) is 3.18. The second-order valence-corrected chi connectivity index (χ2v) is 3.18. The van der Waals surface area contributed by atoms with Crippen molar-refractivity contribution in [3.05, 3.63) is 42.0 Å². The van der Waals surface area contributed by atoms with Gasteiger partial charge in [-0.1, -0.05) is 36.4 Å². The number of fused-ring (bicyclic) bond motifs is 1. The second kappa shape index (κ2) is 3.09. The first-order valence-electron chi connectivity index (χ1n) is 4.41. The van der Waals surface area contributed by atoms with Gasteiger partial charge in [-0.05, 0) is 17.9 Å². The maximum atomic E-state index is 4.30. The average Bonchev–Trinajstić information content (AvgIpc) is 2.18. The number of hydrogen-bond acceptors (Lipinski definition) is 0. The zero-order valence-electron chi connectivity index (χ0n) is 7.91. The van der Waals surface area contributed by atoms with Crippen LogP contribution in [0, 0.1) is 6.92 Å². The summed E-state index contributed by atoms with van der Waals surface area (Å²) in [6, 6.07) is 12.6. The molecule has 2 aromatic rings. The van der Waals surface area contributed by atoms with E-state index >= 15 is 0 Å². The van der Waals surface area contributed by atoms with E-state index < -0.39 is 0 Å². The highest BCUT2D eigenvalue weighted by Crippen LogP contribution is 2.26. The summed E-state index contributed by atoms with van der Waals surface area (Å²) >= 11 is 0. The Kier molecular flexibility index (Phi) is 1.93. The molecule has 0 aliphatic carbocycles. The van der Waals surface area contributed by atoms with E-state index in [-0.39, 0.29) is 0 Å². The van der Waals surface area contributed by atoms with E-state index in [1.165, 1.54) is 16.3 Å². The molecule has 0 fully saturated rings. The molecule has 1 radical (unpaired) electrons. The quantitative estimate of drug-likeness (QED) is 0.624. The zero-order chi connectivity index (χ0) is 9.26. The average molecular weight is 170 g/mol. The molecule has 0 aliphatic rings. The molecule has 0 saturated heterocycles. The summed E-state index contributed by atoms with van der Waals surface area (Å²) in [5.41, 5.74) is 2.35. The molecule has 0 unspecified atom stereocenters. The minimum atomic E-state index is 1.11. The monoisotopic (exact) mass is 170 g/mol. The predicted molar refractivity (Wildman–Crippen MR) is 56.4 cm³/mol. The van der Waals surface area contributed by atoms with E-state index in [1.54, 1.807) is 0 Å². The van der Waals surface area contributed by atoms with Crippen molar-refractivity contribution in [2.75, 3.05) is 7.05 Å². The van der Waals surface area contributed by atoms with Gasteiger partial charge in [0.25, 0.3) is 0 Å². The van der Waals surface area contributed by atoms with Gasteiger partial charge in [0.05, 0.1) is 5.69 Å². The predicted octanol–water partition coefficient (Wildman–Crippen LogP) is 3.01. The van der Waals surface area contributed by atoms with Gasteiger partial charge in [-0.3, -0.25) is 5.32 Å². The van der Waals surface area contributed by atoms with Gasteiger partial charge in [0.15, 0.2) is 0 Å². The van der Waals surface area contributed by atoms with Crippen molar-refractivity contribution in [1.29, 1.82) is 0 Å². The van der Waals surface area contributed by atoms with E-state index in [2.05, 4.69) is 48.6 Å². The molecular weight excluding hydrogens is 158 g/mol. The van der Waals surface area contributed by atoms with Crippen LogP contribution in [0.2, 0.25) is 0 Å². The fourth-order valence-electron chi connectivity index (χ4n) is 1.66. The first-order chi connectivity index (χ1) is 6.33. The minimum absolute atomic E-state index is 1.11. The summed E-state index contributed by atoms with van der Waals surface area (Å²) in [6.07, 6.45) is 0. The zero-order valence-corrected chi connectivity index (χ0v) is 7.91. The smallest absolute Gasteiger partial charge is 0.0678 e. The minimum Gasteiger partial charge on any atom is -0.288 e. The molecule has 13 heavy (non-hydrogen) atoms. The molecule has 0 aliphatic heterocycles. The number of hydrogen-bond donors (Lipinski definition) is 0. The number of benzene rings is 2. The van der Waals surface area contributed by atoms with Crippen molar-refractivity contribution < 1.29 is 0 Å². The van der Waals surface area contributed by atoms with Crippen molar-refractivity contribution in [3.8, 4) is 0 Å². The maximum absolute atomic E-state index is 4.30. The van der Waals surface area contributed by atoms with E-state index in [4.69, 9.17) is 0 Å². The third-order valence-corrected chi connectivity index (χ3v) is 2.33. The molecule has 65 valence electrons. The summed E-state index contributed by atoms with van der Waals surface area (Å²) < 4.78 is 0. The lowest BCUT2D eigenvalue weighted by Gasteiger charge is -2.06. The summed E-state index contributed by atoms with van der Waals surface area (Å²) in [4.78, 5) is 0. The molecule has 0 bridgehead atoms.